The summed E-state index contributed by atoms with van der Waals surface area (Å²) in [5.74, 6) is 0. The van der Waals surface area contributed by atoms with Crippen molar-refractivity contribution in [3.63, 3.8) is 0 Å². The standard InChI is InChI=1S/C10H13NO2/c1-8-6-5-7-11(8)9(12)13-10(2,3)4/h1,5-7H,2-4H3. The Labute approximate surface area is 78.3 Å². The lowest BCUT2D eigenvalue weighted by Crippen LogP contribution is -2.27. The number of aromatic nitrogens is 1. The fourth-order valence-corrected chi connectivity index (χ4v) is 0.871. The summed E-state index contributed by atoms with van der Waals surface area (Å²) in [6.45, 7) is 11.0. The fraction of sp³-hybridized carbons (Fsp3) is 0.400. The highest BCUT2D eigenvalue weighted by atomic mass is 16.6. The van der Waals surface area contributed by atoms with Gasteiger partial charge in [-0.05, 0) is 32.9 Å². The fourth-order valence-electron chi connectivity index (χ4n) is 0.871. The molecule has 0 aromatic carbocycles. The van der Waals surface area contributed by atoms with Crippen LogP contribution in [0.25, 0.3) is 0 Å². The van der Waals surface area contributed by atoms with Crippen LogP contribution in [0.2, 0.25) is 0 Å². The van der Waals surface area contributed by atoms with Crippen LogP contribution in [-0.4, -0.2) is 16.3 Å². The molecule has 0 aliphatic heterocycles. The van der Waals surface area contributed by atoms with Gasteiger partial charge in [0.1, 0.15) is 5.60 Å². The highest BCUT2D eigenvalue weighted by molar-refractivity contribution is 5.72. The molecule has 1 rings (SSSR count). The molecule has 1 aromatic rings. The molecule has 0 amide bonds. The zero-order chi connectivity index (χ0) is 10.1. The van der Waals surface area contributed by atoms with Gasteiger partial charge in [0, 0.05) is 18.8 Å². The minimum absolute atomic E-state index is 0.384. The minimum atomic E-state index is -0.492. The number of nitrogens with zero attached hydrogens (tertiary/aromatic N) is 1. The predicted octanol–water partition coefficient (Wildman–Crippen LogP) is 2.33. The van der Waals surface area contributed by atoms with Crippen molar-refractivity contribution < 1.29 is 9.53 Å². The van der Waals surface area contributed by atoms with E-state index in [-0.39, 0.29) is 0 Å². The van der Waals surface area contributed by atoms with Crippen LogP contribution in [0.3, 0.4) is 0 Å². The number of rotatable bonds is 0. The van der Waals surface area contributed by atoms with Crippen molar-refractivity contribution in [1.82, 2.24) is 4.57 Å². The van der Waals surface area contributed by atoms with Crippen LogP contribution in [0.15, 0.2) is 18.3 Å². The third-order valence-electron chi connectivity index (χ3n) is 1.37. The molecule has 0 saturated heterocycles. The molecule has 3 heteroatoms. The van der Waals surface area contributed by atoms with E-state index in [1.165, 1.54) is 4.57 Å². The highest BCUT2D eigenvalue weighted by Gasteiger charge is 2.17. The summed E-state index contributed by atoms with van der Waals surface area (Å²) in [5, 5.41) is 0. The lowest BCUT2D eigenvalue weighted by Gasteiger charge is -2.19. The first-order valence-corrected chi connectivity index (χ1v) is 4.06. The maximum atomic E-state index is 11.4. The van der Waals surface area contributed by atoms with Crippen molar-refractivity contribution in [2.75, 3.05) is 0 Å². The first-order valence-electron chi connectivity index (χ1n) is 4.06. The van der Waals surface area contributed by atoms with E-state index in [2.05, 4.69) is 0 Å². The van der Waals surface area contributed by atoms with Crippen LogP contribution in [0.4, 0.5) is 4.79 Å². The minimum Gasteiger partial charge on any atom is -0.443 e. The van der Waals surface area contributed by atoms with Crippen molar-refractivity contribution in [2.45, 2.75) is 26.4 Å². The molecule has 70 valence electrons. The molecule has 0 unspecified atom stereocenters. The van der Waals surface area contributed by atoms with Gasteiger partial charge >= 0.3 is 6.09 Å². The average Bonchev–Trinajstić information content (AvgIpc) is 2.30. The van der Waals surface area contributed by atoms with Gasteiger partial charge in [0.05, 0.1) is 0 Å². The van der Waals surface area contributed by atoms with Gasteiger partial charge in [-0.1, -0.05) is 0 Å². The third kappa shape index (κ3) is 2.61. The van der Waals surface area contributed by atoms with Gasteiger partial charge in [0.25, 0.3) is 0 Å². The molecule has 2 radical (unpaired) electrons. The van der Waals surface area contributed by atoms with Crippen LogP contribution in [-0.2, 0) is 4.74 Å². The van der Waals surface area contributed by atoms with Crippen molar-refractivity contribution in [1.29, 1.82) is 0 Å². The second kappa shape index (κ2) is 3.24. The summed E-state index contributed by atoms with van der Waals surface area (Å²) in [6, 6.07) is 3.34. The Bertz CT molecular complexity index is 307. The second-order valence-corrected chi connectivity index (χ2v) is 3.78. The number of carbonyl (C=O) groups excluding carboxylic acids is 1. The second-order valence-electron chi connectivity index (χ2n) is 3.78. The molecule has 3 nitrogen and oxygen atoms in total. The van der Waals surface area contributed by atoms with Gasteiger partial charge in [-0.25, -0.2) is 4.79 Å². The van der Waals surface area contributed by atoms with E-state index in [1.807, 2.05) is 20.8 Å². The molecule has 1 aromatic heterocycles. The summed E-state index contributed by atoms with van der Waals surface area (Å²) in [7, 11) is 0. The summed E-state index contributed by atoms with van der Waals surface area (Å²) < 4.78 is 6.38. The Morgan fingerprint density at radius 2 is 2.15 bits per heavy atom. The third-order valence-corrected chi connectivity index (χ3v) is 1.37. The summed E-state index contributed by atoms with van der Waals surface area (Å²) in [5.41, 5.74) is -0.109. The molecule has 0 aliphatic rings. The van der Waals surface area contributed by atoms with E-state index >= 15 is 0 Å². The normalized spacial score (nSPS) is 11.4. The molecule has 0 aliphatic carbocycles. The van der Waals surface area contributed by atoms with Crippen LogP contribution < -0.4 is 0 Å². The van der Waals surface area contributed by atoms with Gasteiger partial charge < -0.3 is 4.74 Å². The number of hydrogen-bond acceptors (Lipinski definition) is 2. The molecule has 0 N–H and O–H groups in total. The van der Waals surface area contributed by atoms with Crippen molar-refractivity contribution in [2.24, 2.45) is 0 Å². The van der Waals surface area contributed by atoms with Crippen LogP contribution in [0.1, 0.15) is 26.5 Å². The van der Waals surface area contributed by atoms with Crippen LogP contribution in [0.5, 0.6) is 0 Å². The van der Waals surface area contributed by atoms with E-state index in [1.54, 1.807) is 18.3 Å². The molecule has 1 heterocycles. The quantitative estimate of drug-likeness (QED) is 0.612. The van der Waals surface area contributed by atoms with Gasteiger partial charge in [-0.2, -0.15) is 0 Å². The van der Waals surface area contributed by atoms with Gasteiger partial charge in [-0.15, -0.1) is 0 Å². The summed E-state index contributed by atoms with van der Waals surface area (Å²) >= 11 is 0. The van der Waals surface area contributed by atoms with Gasteiger partial charge in [0.2, 0.25) is 0 Å². The number of hydrogen-bond donors (Lipinski definition) is 0. The summed E-state index contributed by atoms with van der Waals surface area (Å²) in [6.07, 6.45) is 1.12. The Kier molecular flexibility index (Phi) is 2.45. The first-order chi connectivity index (χ1) is 5.90. The van der Waals surface area contributed by atoms with Gasteiger partial charge in [0.15, 0.2) is 0 Å². The number of ether oxygens (including phenoxy) is 1. The topological polar surface area (TPSA) is 31.2 Å². The van der Waals surface area contributed by atoms with Crippen molar-refractivity contribution in [3.8, 4) is 0 Å². The van der Waals surface area contributed by atoms with Crippen molar-refractivity contribution in [3.05, 3.63) is 30.9 Å². The average molecular weight is 179 g/mol. The lowest BCUT2D eigenvalue weighted by atomic mass is 10.2. The van der Waals surface area contributed by atoms with E-state index in [0.717, 1.165) is 0 Å². The maximum absolute atomic E-state index is 11.4. The van der Waals surface area contributed by atoms with Crippen LogP contribution >= 0.6 is 0 Å². The largest absolute Gasteiger partial charge is 0.443 e. The van der Waals surface area contributed by atoms with Crippen molar-refractivity contribution >= 4 is 6.09 Å². The maximum Gasteiger partial charge on any atom is 0.418 e. The zero-order valence-electron chi connectivity index (χ0n) is 8.07. The Morgan fingerprint density at radius 1 is 1.54 bits per heavy atom. The molecule has 0 fully saturated rings. The van der Waals surface area contributed by atoms with E-state index in [0.29, 0.717) is 5.69 Å². The SMILES string of the molecule is [CH]c1cccn1C(=O)OC(C)(C)C. The van der Waals surface area contributed by atoms with Crippen LogP contribution in [0, 0.1) is 6.92 Å². The molecule has 0 spiro atoms. The Balaban J connectivity index is 2.76. The first kappa shape index (κ1) is 9.84. The van der Waals surface area contributed by atoms with E-state index in [4.69, 9.17) is 11.7 Å². The van der Waals surface area contributed by atoms with E-state index in [9.17, 15) is 4.79 Å². The molecular weight excluding hydrogens is 166 g/mol. The molecule has 0 atom stereocenters. The van der Waals surface area contributed by atoms with Gasteiger partial charge in [-0.3, -0.25) is 4.57 Å². The highest BCUT2D eigenvalue weighted by Crippen LogP contribution is 2.10. The monoisotopic (exact) mass is 179 g/mol. The summed E-state index contributed by atoms with van der Waals surface area (Å²) in [4.78, 5) is 11.4. The zero-order valence-corrected chi connectivity index (χ0v) is 8.07. The smallest absolute Gasteiger partial charge is 0.418 e. The molecule has 0 bridgehead atoms. The Morgan fingerprint density at radius 3 is 2.54 bits per heavy atom. The molecular formula is C10H13NO2. The predicted molar refractivity (Wildman–Crippen MR) is 49.5 cm³/mol. The lowest BCUT2D eigenvalue weighted by molar-refractivity contribution is 0.0535. The number of carbonyl (C=O) groups is 1. The Hall–Kier alpha value is -1.25. The molecule has 13 heavy (non-hydrogen) atoms. The molecule has 0 saturated carbocycles. The van der Waals surface area contributed by atoms with E-state index < -0.39 is 11.7 Å².